The molecule has 0 saturated heterocycles. The normalized spacial score (nSPS) is 12.6. The third kappa shape index (κ3) is 4.02. The first-order chi connectivity index (χ1) is 9.56. The molecular weight excluding hydrogens is 266 g/mol. The molecule has 0 bridgehead atoms. The summed E-state index contributed by atoms with van der Waals surface area (Å²) in [4.78, 5) is 15.7. The van der Waals surface area contributed by atoms with Crippen LogP contribution >= 0.6 is 11.3 Å². The standard InChI is InChI=1S/C17H21NOS/c1-13-6-8-15(9-7-13)17(19)12-18(3)14(2)11-16-5-4-10-20-16/h4-10,14H,11-12H2,1-3H3. The summed E-state index contributed by atoms with van der Waals surface area (Å²) in [5, 5.41) is 2.10. The quantitative estimate of drug-likeness (QED) is 0.753. The van der Waals surface area contributed by atoms with Crippen molar-refractivity contribution in [2.24, 2.45) is 0 Å². The van der Waals surface area contributed by atoms with Crippen molar-refractivity contribution in [2.45, 2.75) is 26.3 Å². The second-order valence-corrected chi connectivity index (χ2v) is 6.37. The Bertz CT molecular complexity index is 545. The van der Waals surface area contributed by atoms with Crippen molar-refractivity contribution in [1.29, 1.82) is 0 Å². The number of carbonyl (C=O) groups excluding carboxylic acids is 1. The molecule has 0 aliphatic rings. The van der Waals surface area contributed by atoms with Gasteiger partial charge in [0.15, 0.2) is 5.78 Å². The Labute approximate surface area is 125 Å². The molecule has 1 atom stereocenters. The van der Waals surface area contributed by atoms with Crippen LogP contribution in [0.1, 0.15) is 27.7 Å². The van der Waals surface area contributed by atoms with E-state index in [-0.39, 0.29) is 5.78 Å². The van der Waals surface area contributed by atoms with E-state index >= 15 is 0 Å². The first-order valence-corrected chi connectivity index (χ1v) is 7.76. The zero-order valence-corrected chi connectivity index (χ0v) is 13.1. The Morgan fingerprint density at radius 3 is 2.55 bits per heavy atom. The molecule has 1 aromatic carbocycles. The molecule has 0 N–H and O–H groups in total. The van der Waals surface area contributed by atoms with E-state index in [1.165, 1.54) is 10.4 Å². The molecule has 0 saturated carbocycles. The van der Waals surface area contributed by atoms with Crippen LogP contribution in [-0.4, -0.2) is 30.3 Å². The molecule has 0 spiro atoms. The number of carbonyl (C=O) groups is 1. The van der Waals surface area contributed by atoms with Gasteiger partial charge in [-0.25, -0.2) is 0 Å². The fourth-order valence-electron chi connectivity index (χ4n) is 2.09. The van der Waals surface area contributed by atoms with E-state index < -0.39 is 0 Å². The van der Waals surface area contributed by atoms with Crippen LogP contribution < -0.4 is 0 Å². The molecule has 20 heavy (non-hydrogen) atoms. The molecule has 3 heteroatoms. The highest BCUT2D eigenvalue weighted by Crippen LogP contribution is 2.14. The third-order valence-corrected chi connectivity index (χ3v) is 4.49. The second-order valence-electron chi connectivity index (χ2n) is 5.34. The van der Waals surface area contributed by atoms with Crippen LogP contribution in [0.3, 0.4) is 0 Å². The molecule has 0 fully saturated rings. The Morgan fingerprint density at radius 1 is 1.25 bits per heavy atom. The van der Waals surface area contributed by atoms with Crippen LogP contribution in [0.25, 0.3) is 0 Å². The van der Waals surface area contributed by atoms with Crippen molar-refractivity contribution in [1.82, 2.24) is 4.90 Å². The lowest BCUT2D eigenvalue weighted by Gasteiger charge is -2.23. The highest BCUT2D eigenvalue weighted by molar-refractivity contribution is 7.09. The number of benzene rings is 1. The summed E-state index contributed by atoms with van der Waals surface area (Å²) in [5.74, 6) is 0.186. The van der Waals surface area contributed by atoms with Gasteiger partial charge in [0.25, 0.3) is 0 Å². The molecule has 1 heterocycles. The number of nitrogens with zero attached hydrogens (tertiary/aromatic N) is 1. The minimum absolute atomic E-state index is 0.186. The number of hydrogen-bond donors (Lipinski definition) is 0. The molecular formula is C17H21NOS. The van der Waals surface area contributed by atoms with Gasteiger partial charge in [0, 0.05) is 16.5 Å². The minimum atomic E-state index is 0.186. The van der Waals surface area contributed by atoms with Crippen molar-refractivity contribution >= 4 is 17.1 Å². The van der Waals surface area contributed by atoms with Crippen LogP contribution in [-0.2, 0) is 6.42 Å². The van der Waals surface area contributed by atoms with E-state index in [4.69, 9.17) is 0 Å². The highest BCUT2D eigenvalue weighted by atomic mass is 32.1. The van der Waals surface area contributed by atoms with Gasteiger partial charge in [0.2, 0.25) is 0 Å². The molecule has 0 aliphatic heterocycles. The maximum Gasteiger partial charge on any atom is 0.176 e. The van der Waals surface area contributed by atoms with E-state index in [9.17, 15) is 4.79 Å². The van der Waals surface area contributed by atoms with E-state index in [1.807, 2.05) is 38.2 Å². The molecule has 2 rings (SSSR count). The van der Waals surface area contributed by atoms with Gasteiger partial charge in [-0.05, 0) is 38.8 Å². The van der Waals surface area contributed by atoms with Crippen LogP contribution in [0.15, 0.2) is 41.8 Å². The Hall–Kier alpha value is -1.45. The average Bonchev–Trinajstić information content (AvgIpc) is 2.92. The van der Waals surface area contributed by atoms with Gasteiger partial charge < -0.3 is 0 Å². The van der Waals surface area contributed by atoms with Crippen molar-refractivity contribution < 1.29 is 4.79 Å². The highest BCUT2D eigenvalue weighted by Gasteiger charge is 2.15. The first-order valence-electron chi connectivity index (χ1n) is 6.89. The van der Waals surface area contributed by atoms with Gasteiger partial charge >= 0.3 is 0 Å². The third-order valence-electron chi connectivity index (χ3n) is 3.60. The predicted octanol–water partition coefficient (Wildman–Crippen LogP) is 3.80. The molecule has 106 valence electrons. The summed E-state index contributed by atoms with van der Waals surface area (Å²) in [6, 6.07) is 12.4. The smallest absolute Gasteiger partial charge is 0.176 e. The number of rotatable bonds is 6. The van der Waals surface area contributed by atoms with Crippen molar-refractivity contribution in [3.8, 4) is 0 Å². The van der Waals surface area contributed by atoms with Gasteiger partial charge in [0.1, 0.15) is 0 Å². The van der Waals surface area contributed by atoms with Crippen molar-refractivity contribution in [3.63, 3.8) is 0 Å². The van der Waals surface area contributed by atoms with E-state index in [2.05, 4.69) is 29.3 Å². The van der Waals surface area contributed by atoms with Crippen molar-refractivity contribution in [2.75, 3.05) is 13.6 Å². The fraction of sp³-hybridized carbons (Fsp3) is 0.353. The maximum absolute atomic E-state index is 12.2. The fourth-order valence-corrected chi connectivity index (χ4v) is 2.92. The van der Waals surface area contributed by atoms with Gasteiger partial charge in [-0.2, -0.15) is 0 Å². The molecule has 0 radical (unpaired) electrons. The van der Waals surface area contributed by atoms with E-state index in [0.717, 1.165) is 12.0 Å². The van der Waals surface area contributed by atoms with E-state index in [1.54, 1.807) is 11.3 Å². The lowest BCUT2D eigenvalue weighted by Crippen LogP contribution is -2.35. The van der Waals surface area contributed by atoms with Crippen LogP contribution in [0.2, 0.25) is 0 Å². The van der Waals surface area contributed by atoms with Gasteiger partial charge in [-0.15, -0.1) is 11.3 Å². The molecule has 2 nitrogen and oxygen atoms in total. The molecule has 1 aromatic heterocycles. The minimum Gasteiger partial charge on any atom is -0.296 e. The van der Waals surface area contributed by atoms with Gasteiger partial charge in [-0.3, -0.25) is 9.69 Å². The first kappa shape index (κ1) is 14.9. The molecule has 0 amide bonds. The number of Topliss-reactive ketones (excluding diaryl/α,β-unsaturated/α-hetero) is 1. The van der Waals surface area contributed by atoms with E-state index in [0.29, 0.717) is 12.6 Å². The number of aryl methyl sites for hydroxylation is 1. The zero-order chi connectivity index (χ0) is 14.5. The molecule has 0 aliphatic carbocycles. The second kappa shape index (κ2) is 6.82. The largest absolute Gasteiger partial charge is 0.296 e. The lowest BCUT2D eigenvalue weighted by molar-refractivity contribution is 0.0924. The number of likely N-dealkylation sites (N-methyl/N-ethyl adjacent to an activating group) is 1. The SMILES string of the molecule is Cc1ccc(C(=O)CN(C)C(C)Cc2cccs2)cc1. The number of ketones is 1. The van der Waals surface area contributed by atoms with Gasteiger partial charge in [0.05, 0.1) is 6.54 Å². The summed E-state index contributed by atoms with van der Waals surface area (Å²) in [6.07, 6.45) is 0.995. The Kier molecular flexibility index (Phi) is 5.10. The Balaban J connectivity index is 1.91. The molecule has 1 unspecified atom stereocenters. The van der Waals surface area contributed by atoms with Crippen LogP contribution in [0, 0.1) is 6.92 Å². The maximum atomic E-state index is 12.2. The van der Waals surface area contributed by atoms with Crippen LogP contribution in [0.5, 0.6) is 0 Å². The zero-order valence-electron chi connectivity index (χ0n) is 12.3. The number of hydrogen-bond acceptors (Lipinski definition) is 3. The van der Waals surface area contributed by atoms with Gasteiger partial charge in [-0.1, -0.05) is 35.9 Å². The predicted molar refractivity (Wildman–Crippen MR) is 85.6 cm³/mol. The Morgan fingerprint density at radius 2 is 1.95 bits per heavy atom. The topological polar surface area (TPSA) is 20.3 Å². The summed E-state index contributed by atoms with van der Waals surface area (Å²) >= 11 is 1.77. The monoisotopic (exact) mass is 287 g/mol. The lowest BCUT2D eigenvalue weighted by atomic mass is 10.1. The average molecular weight is 287 g/mol. The summed E-state index contributed by atoms with van der Waals surface area (Å²) in [7, 11) is 2.02. The summed E-state index contributed by atoms with van der Waals surface area (Å²) in [6.45, 7) is 4.67. The molecule has 2 aromatic rings. The van der Waals surface area contributed by atoms with Crippen molar-refractivity contribution in [3.05, 3.63) is 57.8 Å². The summed E-state index contributed by atoms with van der Waals surface area (Å²) in [5.41, 5.74) is 1.98. The summed E-state index contributed by atoms with van der Waals surface area (Å²) < 4.78 is 0. The number of thiophene rings is 1. The van der Waals surface area contributed by atoms with Crippen LogP contribution in [0.4, 0.5) is 0 Å².